The molecule has 0 aromatic heterocycles. The molecule has 2 aromatic carbocycles. The molecule has 0 aliphatic heterocycles. The molecule has 4 nitrogen and oxygen atoms in total. The monoisotopic (exact) mass is 341 g/mol. The standard InChI is InChI=1S/C16H11F4NO3/c17-11-7-4-8-12(13(11)14(22)16(18,19)20)21-15(23)24-9-10-5-2-1-3-6-10/h1-8H,9H2,(H,21,23). The van der Waals surface area contributed by atoms with Crippen molar-refractivity contribution in [2.45, 2.75) is 12.8 Å². The van der Waals surface area contributed by atoms with Crippen LogP contribution >= 0.6 is 0 Å². The van der Waals surface area contributed by atoms with E-state index in [0.717, 1.165) is 12.1 Å². The summed E-state index contributed by atoms with van der Waals surface area (Å²) in [7, 11) is 0. The molecule has 0 atom stereocenters. The van der Waals surface area contributed by atoms with Gasteiger partial charge in [0.2, 0.25) is 0 Å². The first kappa shape index (κ1) is 17.5. The molecule has 2 aromatic rings. The quantitative estimate of drug-likeness (QED) is 0.666. The second-order valence-corrected chi connectivity index (χ2v) is 4.68. The summed E-state index contributed by atoms with van der Waals surface area (Å²) in [4.78, 5) is 23.0. The van der Waals surface area contributed by atoms with Gasteiger partial charge in [-0.05, 0) is 17.7 Å². The van der Waals surface area contributed by atoms with E-state index in [1.165, 1.54) is 0 Å². The Morgan fingerprint density at radius 1 is 1.00 bits per heavy atom. The van der Waals surface area contributed by atoms with Crippen LogP contribution in [-0.2, 0) is 11.3 Å². The largest absolute Gasteiger partial charge is 0.455 e. The lowest BCUT2D eigenvalue weighted by Crippen LogP contribution is -2.26. The predicted molar refractivity (Wildman–Crippen MR) is 77.0 cm³/mol. The van der Waals surface area contributed by atoms with Crippen molar-refractivity contribution in [3.63, 3.8) is 0 Å². The van der Waals surface area contributed by atoms with E-state index in [1.807, 2.05) is 5.32 Å². The summed E-state index contributed by atoms with van der Waals surface area (Å²) in [6, 6.07) is 11.3. The summed E-state index contributed by atoms with van der Waals surface area (Å²) >= 11 is 0. The fourth-order valence-corrected chi connectivity index (χ4v) is 1.87. The Balaban J connectivity index is 2.13. The Kier molecular flexibility index (Phi) is 5.18. The Bertz CT molecular complexity index is 745. The van der Waals surface area contributed by atoms with Crippen molar-refractivity contribution >= 4 is 17.6 Å². The van der Waals surface area contributed by atoms with Gasteiger partial charge < -0.3 is 4.74 Å². The zero-order chi connectivity index (χ0) is 17.7. The van der Waals surface area contributed by atoms with Gasteiger partial charge in [0.05, 0.1) is 11.3 Å². The van der Waals surface area contributed by atoms with Crippen molar-refractivity contribution in [1.29, 1.82) is 0 Å². The van der Waals surface area contributed by atoms with Gasteiger partial charge in [-0.25, -0.2) is 9.18 Å². The van der Waals surface area contributed by atoms with Crippen molar-refractivity contribution in [1.82, 2.24) is 0 Å². The van der Waals surface area contributed by atoms with Crippen LogP contribution in [0.25, 0.3) is 0 Å². The van der Waals surface area contributed by atoms with Crippen molar-refractivity contribution in [2.24, 2.45) is 0 Å². The van der Waals surface area contributed by atoms with Gasteiger partial charge in [0.1, 0.15) is 12.4 Å². The van der Waals surface area contributed by atoms with Gasteiger partial charge in [-0.15, -0.1) is 0 Å². The van der Waals surface area contributed by atoms with Gasteiger partial charge in [-0.1, -0.05) is 36.4 Å². The number of Topliss-reactive ketones (excluding diaryl/α,β-unsaturated/α-hetero) is 1. The van der Waals surface area contributed by atoms with Crippen molar-refractivity contribution in [3.05, 3.63) is 65.5 Å². The number of alkyl halides is 3. The topological polar surface area (TPSA) is 55.4 Å². The average molecular weight is 341 g/mol. The summed E-state index contributed by atoms with van der Waals surface area (Å²) < 4.78 is 56.1. The van der Waals surface area contributed by atoms with Gasteiger partial charge in [-0.2, -0.15) is 13.2 Å². The van der Waals surface area contributed by atoms with Crippen LogP contribution in [0.3, 0.4) is 0 Å². The Morgan fingerprint density at radius 3 is 2.29 bits per heavy atom. The number of amides is 1. The number of carbonyl (C=O) groups is 2. The number of ketones is 1. The lowest BCUT2D eigenvalue weighted by Gasteiger charge is -2.13. The van der Waals surface area contributed by atoms with Crippen molar-refractivity contribution in [2.75, 3.05) is 5.32 Å². The average Bonchev–Trinajstić information content (AvgIpc) is 2.53. The fraction of sp³-hybridized carbons (Fsp3) is 0.125. The highest BCUT2D eigenvalue weighted by atomic mass is 19.4. The van der Waals surface area contributed by atoms with E-state index in [2.05, 4.69) is 0 Å². The van der Waals surface area contributed by atoms with Crippen molar-refractivity contribution < 1.29 is 31.9 Å². The highest BCUT2D eigenvalue weighted by Crippen LogP contribution is 2.28. The van der Waals surface area contributed by atoms with Gasteiger partial charge in [0.15, 0.2) is 0 Å². The fourth-order valence-electron chi connectivity index (χ4n) is 1.87. The van der Waals surface area contributed by atoms with E-state index in [-0.39, 0.29) is 6.61 Å². The highest BCUT2D eigenvalue weighted by Gasteiger charge is 2.42. The number of benzene rings is 2. The Morgan fingerprint density at radius 2 is 1.67 bits per heavy atom. The van der Waals surface area contributed by atoms with Crippen LogP contribution < -0.4 is 5.32 Å². The normalized spacial score (nSPS) is 11.0. The molecule has 2 rings (SSSR count). The van der Waals surface area contributed by atoms with Crippen LogP contribution in [0.15, 0.2) is 48.5 Å². The summed E-state index contributed by atoms with van der Waals surface area (Å²) in [5.74, 6) is -3.78. The van der Waals surface area contributed by atoms with Crippen LogP contribution in [0.4, 0.5) is 28.0 Å². The molecule has 0 radical (unpaired) electrons. The molecule has 0 saturated heterocycles. The van der Waals surface area contributed by atoms with Crippen LogP contribution in [-0.4, -0.2) is 18.1 Å². The van der Waals surface area contributed by atoms with Crippen molar-refractivity contribution in [3.8, 4) is 0 Å². The SMILES string of the molecule is O=C(Nc1cccc(F)c1C(=O)C(F)(F)F)OCc1ccccc1. The third-order valence-electron chi connectivity index (χ3n) is 2.95. The summed E-state index contributed by atoms with van der Waals surface area (Å²) in [5.41, 5.74) is -1.23. The molecule has 126 valence electrons. The first-order valence-electron chi connectivity index (χ1n) is 6.67. The molecule has 0 fully saturated rings. The first-order chi connectivity index (χ1) is 11.3. The van der Waals surface area contributed by atoms with Gasteiger partial charge in [-0.3, -0.25) is 10.1 Å². The number of anilines is 1. The molecule has 0 aliphatic carbocycles. The molecule has 1 amide bonds. The van der Waals surface area contributed by atoms with Gasteiger partial charge in [0, 0.05) is 0 Å². The smallest absolute Gasteiger partial charge is 0.444 e. The van der Waals surface area contributed by atoms with Crippen LogP contribution in [0.5, 0.6) is 0 Å². The van der Waals surface area contributed by atoms with E-state index in [1.54, 1.807) is 30.3 Å². The molecule has 0 bridgehead atoms. The Labute approximate surface area is 134 Å². The zero-order valence-electron chi connectivity index (χ0n) is 12.1. The molecule has 8 heteroatoms. The zero-order valence-corrected chi connectivity index (χ0v) is 12.1. The first-order valence-corrected chi connectivity index (χ1v) is 6.67. The minimum atomic E-state index is -5.27. The lowest BCUT2D eigenvalue weighted by molar-refractivity contribution is -0.0887. The number of carbonyl (C=O) groups excluding carboxylic acids is 2. The Hall–Kier alpha value is -2.90. The maximum Gasteiger partial charge on any atom is 0.455 e. The van der Waals surface area contributed by atoms with Crippen LogP contribution in [0.1, 0.15) is 15.9 Å². The maximum atomic E-state index is 13.6. The van der Waals surface area contributed by atoms with E-state index in [9.17, 15) is 27.2 Å². The third kappa shape index (κ3) is 4.31. The molecule has 0 heterocycles. The van der Waals surface area contributed by atoms with Gasteiger partial charge in [0.25, 0.3) is 5.78 Å². The van der Waals surface area contributed by atoms with E-state index < -0.39 is 35.1 Å². The molecular formula is C16H11F4NO3. The molecular weight excluding hydrogens is 330 g/mol. The molecule has 24 heavy (non-hydrogen) atoms. The molecule has 0 unspecified atom stereocenters. The van der Waals surface area contributed by atoms with Crippen LogP contribution in [0.2, 0.25) is 0 Å². The van der Waals surface area contributed by atoms with E-state index >= 15 is 0 Å². The number of ether oxygens (including phenoxy) is 1. The summed E-state index contributed by atoms with van der Waals surface area (Å²) in [6.07, 6.45) is -6.38. The highest BCUT2D eigenvalue weighted by molar-refractivity contribution is 6.07. The maximum absolute atomic E-state index is 13.6. The summed E-state index contributed by atoms with van der Waals surface area (Å²) in [6.45, 7) is -0.134. The number of nitrogens with one attached hydrogen (secondary N) is 1. The number of halogens is 4. The number of hydrogen-bond donors (Lipinski definition) is 1. The molecule has 0 spiro atoms. The van der Waals surface area contributed by atoms with E-state index in [0.29, 0.717) is 11.6 Å². The molecule has 0 aliphatic rings. The second kappa shape index (κ2) is 7.12. The van der Waals surface area contributed by atoms with Crippen LogP contribution in [0, 0.1) is 5.82 Å². The molecule has 1 N–H and O–H groups in total. The van der Waals surface area contributed by atoms with Gasteiger partial charge >= 0.3 is 12.3 Å². The van der Waals surface area contributed by atoms with E-state index in [4.69, 9.17) is 4.74 Å². The number of hydrogen-bond acceptors (Lipinski definition) is 3. The second-order valence-electron chi connectivity index (χ2n) is 4.68. The minimum Gasteiger partial charge on any atom is -0.444 e. The lowest BCUT2D eigenvalue weighted by atomic mass is 10.1. The minimum absolute atomic E-state index is 0.134. The summed E-state index contributed by atoms with van der Waals surface area (Å²) in [5, 5.41) is 1.95. The number of rotatable bonds is 4. The molecule has 0 saturated carbocycles. The third-order valence-corrected chi connectivity index (χ3v) is 2.95. The predicted octanol–water partition coefficient (Wildman–Crippen LogP) is 4.32.